The summed E-state index contributed by atoms with van der Waals surface area (Å²) < 4.78 is 27.0. The minimum atomic E-state index is -0.359. The minimum Gasteiger partial charge on any atom is -0.291 e. The van der Waals surface area contributed by atoms with Gasteiger partial charge in [-0.15, -0.1) is 0 Å². The van der Waals surface area contributed by atoms with Crippen LogP contribution in [0.5, 0.6) is 0 Å². The van der Waals surface area contributed by atoms with Gasteiger partial charge in [0.05, 0.1) is 0 Å². The van der Waals surface area contributed by atoms with Crippen LogP contribution in [0.25, 0.3) is 0 Å². The molecule has 1 saturated heterocycles. The zero-order valence-electron chi connectivity index (χ0n) is 10.6. The Kier molecular flexibility index (Phi) is 3.21. The summed E-state index contributed by atoms with van der Waals surface area (Å²) in [6.45, 7) is 7.29. The van der Waals surface area contributed by atoms with Crippen molar-refractivity contribution in [3.05, 3.63) is 35.4 Å². The average molecular weight is 239 g/mol. The Morgan fingerprint density at radius 3 is 2.59 bits per heavy atom. The maximum atomic E-state index is 13.8. The molecule has 2 rings (SSSR count). The molecule has 1 atom stereocenters. The fraction of sp³-hybridized carbons (Fsp3) is 0.571. The van der Waals surface area contributed by atoms with Crippen molar-refractivity contribution < 1.29 is 8.78 Å². The van der Waals surface area contributed by atoms with E-state index in [2.05, 4.69) is 25.7 Å². The SMILES string of the molecule is CC(C)(C)N1CCC[C@@H]1c1cc(F)ccc1F. The Labute approximate surface area is 101 Å². The van der Waals surface area contributed by atoms with Gasteiger partial charge in [-0.1, -0.05) is 0 Å². The van der Waals surface area contributed by atoms with E-state index in [0.717, 1.165) is 19.4 Å². The largest absolute Gasteiger partial charge is 0.291 e. The molecular formula is C14H19F2N. The number of benzene rings is 1. The minimum absolute atomic E-state index is 0.00528. The van der Waals surface area contributed by atoms with E-state index < -0.39 is 0 Å². The lowest BCUT2D eigenvalue weighted by Crippen LogP contribution is -2.40. The highest BCUT2D eigenvalue weighted by molar-refractivity contribution is 5.23. The van der Waals surface area contributed by atoms with Crippen molar-refractivity contribution in [3.8, 4) is 0 Å². The fourth-order valence-corrected chi connectivity index (χ4v) is 2.66. The first-order valence-corrected chi connectivity index (χ1v) is 6.11. The van der Waals surface area contributed by atoms with E-state index >= 15 is 0 Å². The predicted molar refractivity (Wildman–Crippen MR) is 64.8 cm³/mol. The Bertz CT molecular complexity index is 409. The average Bonchev–Trinajstić information content (AvgIpc) is 2.69. The second-order valence-electron chi connectivity index (χ2n) is 5.69. The first kappa shape index (κ1) is 12.5. The number of rotatable bonds is 1. The van der Waals surface area contributed by atoms with Gasteiger partial charge in [0.2, 0.25) is 0 Å². The molecule has 0 amide bonds. The molecule has 1 aliphatic rings. The van der Waals surface area contributed by atoms with Crippen molar-refractivity contribution in [3.63, 3.8) is 0 Å². The third-order valence-corrected chi connectivity index (χ3v) is 3.43. The van der Waals surface area contributed by atoms with Gasteiger partial charge in [0.15, 0.2) is 0 Å². The summed E-state index contributed by atoms with van der Waals surface area (Å²) in [5.74, 6) is -0.658. The monoisotopic (exact) mass is 239 g/mol. The molecule has 0 unspecified atom stereocenters. The molecule has 0 bridgehead atoms. The van der Waals surface area contributed by atoms with E-state index in [-0.39, 0.29) is 23.2 Å². The van der Waals surface area contributed by atoms with Gasteiger partial charge in [0.1, 0.15) is 11.6 Å². The van der Waals surface area contributed by atoms with Crippen molar-refractivity contribution in [2.24, 2.45) is 0 Å². The standard InChI is InChI=1S/C14H19F2N/c1-14(2,3)17-8-4-5-13(17)11-9-10(15)6-7-12(11)16/h6-7,9,13H,4-5,8H2,1-3H3/t13-/m1/s1. The summed E-state index contributed by atoms with van der Waals surface area (Å²) in [6.07, 6.45) is 1.94. The molecule has 0 aliphatic carbocycles. The molecule has 1 aliphatic heterocycles. The second-order valence-corrected chi connectivity index (χ2v) is 5.69. The number of halogens is 2. The van der Waals surface area contributed by atoms with Crippen molar-refractivity contribution >= 4 is 0 Å². The molecule has 1 nitrogen and oxygen atoms in total. The van der Waals surface area contributed by atoms with Crippen LogP contribution in [-0.4, -0.2) is 17.0 Å². The van der Waals surface area contributed by atoms with Crippen molar-refractivity contribution in [1.29, 1.82) is 0 Å². The van der Waals surface area contributed by atoms with Crippen LogP contribution >= 0.6 is 0 Å². The van der Waals surface area contributed by atoms with Crippen molar-refractivity contribution in [1.82, 2.24) is 4.90 Å². The van der Waals surface area contributed by atoms with Gasteiger partial charge < -0.3 is 0 Å². The summed E-state index contributed by atoms with van der Waals surface area (Å²) in [7, 11) is 0. The molecule has 0 spiro atoms. The normalized spacial score (nSPS) is 22.1. The fourth-order valence-electron chi connectivity index (χ4n) is 2.66. The van der Waals surface area contributed by atoms with E-state index in [1.165, 1.54) is 18.2 Å². The summed E-state index contributed by atoms with van der Waals surface area (Å²) in [5.41, 5.74) is 0.484. The van der Waals surface area contributed by atoms with Gasteiger partial charge in [0, 0.05) is 17.1 Å². The summed E-state index contributed by atoms with van der Waals surface area (Å²) in [5, 5.41) is 0. The number of hydrogen-bond acceptors (Lipinski definition) is 1. The first-order valence-electron chi connectivity index (χ1n) is 6.11. The Morgan fingerprint density at radius 2 is 1.94 bits per heavy atom. The summed E-state index contributed by atoms with van der Waals surface area (Å²) >= 11 is 0. The van der Waals surface area contributed by atoms with Crippen LogP contribution in [0.15, 0.2) is 18.2 Å². The van der Waals surface area contributed by atoms with Crippen LogP contribution in [0, 0.1) is 11.6 Å². The summed E-state index contributed by atoms with van der Waals surface area (Å²) in [4.78, 5) is 2.25. The highest BCUT2D eigenvalue weighted by atomic mass is 19.1. The maximum absolute atomic E-state index is 13.8. The lowest BCUT2D eigenvalue weighted by Gasteiger charge is -2.37. The predicted octanol–water partition coefficient (Wildman–Crippen LogP) is 3.90. The van der Waals surface area contributed by atoms with E-state index in [9.17, 15) is 8.78 Å². The zero-order chi connectivity index (χ0) is 12.6. The third kappa shape index (κ3) is 2.49. The molecule has 0 saturated carbocycles. The maximum Gasteiger partial charge on any atom is 0.128 e. The Hall–Kier alpha value is -0.960. The van der Waals surface area contributed by atoms with E-state index in [1.807, 2.05) is 0 Å². The van der Waals surface area contributed by atoms with Gasteiger partial charge in [-0.2, -0.15) is 0 Å². The summed E-state index contributed by atoms with van der Waals surface area (Å²) in [6, 6.07) is 3.74. The highest BCUT2D eigenvalue weighted by Gasteiger charge is 2.35. The van der Waals surface area contributed by atoms with Crippen LogP contribution in [0.3, 0.4) is 0 Å². The van der Waals surface area contributed by atoms with Crippen LogP contribution in [-0.2, 0) is 0 Å². The van der Waals surface area contributed by atoms with E-state index in [0.29, 0.717) is 5.56 Å². The van der Waals surface area contributed by atoms with Crippen molar-refractivity contribution in [2.45, 2.75) is 45.2 Å². The molecule has 0 N–H and O–H groups in total. The van der Waals surface area contributed by atoms with Gasteiger partial charge in [-0.3, -0.25) is 4.90 Å². The van der Waals surface area contributed by atoms with Gasteiger partial charge in [-0.05, 0) is 58.4 Å². The molecule has 94 valence electrons. The second kappa shape index (κ2) is 4.37. The molecule has 17 heavy (non-hydrogen) atoms. The molecule has 0 radical (unpaired) electrons. The topological polar surface area (TPSA) is 3.24 Å². The molecule has 1 aromatic carbocycles. The van der Waals surface area contributed by atoms with Crippen LogP contribution in [0.2, 0.25) is 0 Å². The zero-order valence-corrected chi connectivity index (χ0v) is 10.6. The molecule has 1 aromatic rings. The molecule has 3 heteroatoms. The smallest absolute Gasteiger partial charge is 0.128 e. The quantitative estimate of drug-likeness (QED) is 0.718. The number of hydrogen-bond donors (Lipinski definition) is 0. The Morgan fingerprint density at radius 1 is 1.24 bits per heavy atom. The van der Waals surface area contributed by atoms with E-state index in [4.69, 9.17) is 0 Å². The molecular weight excluding hydrogens is 220 g/mol. The third-order valence-electron chi connectivity index (χ3n) is 3.43. The van der Waals surface area contributed by atoms with Gasteiger partial charge in [-0.25, -0.2) is 8.78 Å². The van der Waals surface area contributed by atoms with Crippen LogP contribution < -0.4 is 0 Å². The number of likely N-dealkylation sites (tertiary alicyclic amines) is 1. The van der Waals surface area contributed by atoms with Crippen LogP contribution in [0.4, 0.5) is 8.78 Å². The van der Waals surface area contributed by atoms with Gasteiger partial charge >= 0.3 is 0 Å². The van der Waals surface area contributed by atoms with Crippen molar-refractivity contribution in [2.75, 3.05) is 6.54 Å². The van der Waals surface area contributed by atoms with Crippen LogP contribution in [0.1, 0.15) is 45.2 Å². The van der Waals surface area contributed by atoms with Gasteiger partial charge in [0.25, 0.3) is 0 Å². The lowest BCUT2D eigenvalue weighted by atomic mass is 9.99. The molecule has 1 fully saturated rings. The van der Waals surface area contributed by atoms with E-state index in [1.54, 1.807) is 0 Å². The number of nitrogens with zero attached hydrogens (tertiary/aromatic N) is 1. The lowest BCUT2D eigenvalue weighted by molar-refractivity contribution is 0.119. The molecule has 1 heterocycles. The Balaban J connectivity index is 2.35. The molecule has 0 aromatic heterocycles. The first-order chi connectivity index (χ1) is 7.89. The highest BCUT2D eigenvalue weighted by Crippen LogP contribution is 2.38.